The molecule has 76 valence electrons. The van der Waals surface area contributed by atoms with Crippen LogP contribution in [0.25, 0.3) is 5.69 Å². The van der Waals surface area contributed by atoms with E-state index in [1.807, 2.05) is 23.0 Å². The predicted octanol–water partition coefficient (Wildman–Crippen LogP) is 1.34. The molecule has 2 aromatic heterocycles. The van der Waals surface area contributed by atoms with Gasteiger partial charge in [-0.25, -0.2) is 4.68 Å². The minimum Gasteiger partial charge on any atom is -0.382 e. The van der Waals surface area contributed by atoms with E-state index in [2.05, 4.69) is 10.1 Å². The lowest BCUT2D eigenvalue weighted by molar-refractivity contribution is 0.785. The van der Waals surface area contributed by atoms with Gasteiger partial charge < -0.3 is 5.73 Å². The number of rotatable bonds is 1. The summed E-state index contributed by atoms with van der Waals surface area (Å²) >= 11 is 0. The van der Waals surface area contributed by atoms with Gasteiger partial charge in [-0.15, -0.1) is 0 Å². The van der Waals surface area contributed by atoms with E-state index in [4.69, 9.17) is 5.73 Å². The molecule has 0 aromatic carbocycles. The Kier molecular flexibility index (Phi) is 1.74. The van der Waals surface area contributed by atoms with Crippen molar-refractivity contribution in [2.45, 2.75) is 19.3 Å². The molecule has 2 heterocycles. The highest BCUT2D eigenvalue weighted by Crippen LogP contribution is 2.28. The number of nitrogens with two attached hydrogens (primary N) is 1. The van der Waals surface area contributed by atoms with Crippen molar-refractivity contribution in [2.24, 2.45) is 0 Å². The largest absolute Gasteiger partial charge is 0.382 e. The molecule has 4 nitrogen and oxygen atoms in total. The molecule has 0 aliphatic heterocycles. The fourth-order valence-electron chi connectivity index (χ4n) is 2.16. The zero-order valence-electron chi connectivity index (χ0n) is 8.35. The molecule has 15 heavy (non-hydrogen) atoms. The molecule has 0 bridgehead atoms. The van der Waals surface area contributed by atoms with Crippen molar-refractivity contribution >= 4 is 5.82 Å². The lowest BCUT2D eigenvalue weighted by atomic mass is 10.2. The van der Waals surface area contributed by atoms with Crippen molar-refractivity contribution in [1.82, 2.24) is 14.8 Å². The standard InChI is InChI=1S/C11H12N4/c12-11-9-4-1-5-10(9)15(14-11)8-3-2-6-13-7-8/h2-3,6-7H,1,4-5H2,(H2,12,14). The number of anilines is 1. The van der Waals surface area contributed by atoms with Crippen LogP contribution in [-0.2, 0) is 12.8 Å². The predicted molar refractivity (Wildman–Crippen MR) is 57.8 cm³/mol. The Hall–Kier alpha value is -1.84. The van der Waals surface area contributed by atoms with E-state index in [-0.39, 0.29) is 0 Å². The van der Waals surface area contributed by atoms with E-state index in [0.717, 1.165) is 18.5 Å². The zero-order chi connectivity index (χ0) is 10.3. The summed E-state index contributed by atoms with van der Waals surface area (Å²) < 4.78 is 1.92. The van der Waals surface area contributed by atoms with Crippen molar-refractivity contribution in [3.8, 4) is 5.69 Å². The van der Waals surface area contributed by atoms with Gasteiger partial charge >= 0.3 is 0 Å². The van der Waals surface area contributed by atoms with Gasteiger partial charge in [-0.3, -0.25) is 4.98 Å². The Balaban J connectivity index is 2.18. The molecular formula is C11H12N4. The molecule has 0 amide bonds. The maximum atomic E-state index is 5.88. The minimum absolute atomic E-state index is 0.673. The number of hydrogen-bond donors (Lipinski definition) is 1. The summed E-state index contributed by atoms with van der Waals surface area (Å²) in [6, 6.07) is 3.91. The van der Waals surface area contributed by atoms with Crippen LogP contribution in [0.1, 0.15) is 17.7 Å². The third kappa shape index (κ3) is 1.21. The molecule has 0 atom stereocenters. The zero-order valence-corrected chi connectivity index (χ0v) is 8.35. The monoisotopic (exact) mass is 200 g/mol. The Morgan fingerprint density at radius 2 is 2.27 bits per heavy atom. The first kappa shape index (κ1) is 8.47. The fourth-order valence-corrected chi connectivity index (χ4v) is 2.16. The summed E-state index contributed by atoms with van der Waals surface area (Å²) in [5.74, 6) is 0.673. The number of nitrogens with zero attached hydrogens (tertiary/aromatic N) is 3. The normalized spacial score (nSPS) is 14.1. The molecule has 0 fully saturated rings. The summed E-state index contributed by atoms with van der Waals surface area (Å²) in [6.45, 7) is 0. The Morgan fingerprint density at radius 3 is 3.07 bits per heavy atom. The second-order valence-corrected chi connectivity index (χ2v) is 3.79. The maximum absolute atomic E-state index is 5.88. The van der Waals surface area contributed by atoms with Crippen molar-refractivity contribution in [2.75, 3.05) is 5.73 Å². The first-order valence-corrected chi connectivity index (χ1v) is 5.13. The topological polar surface area (TPSA) is 56.7 Å². The molecular weight excluding hydrogens is 188 g/mol. The van der Waals surface area contributed by atoms with Gasteiger partial charge in [0.2, 0.25) is 0 Å². The van der Waals surface area contributed by atoms with Gasteiger partial charge in [0.15, 0.2) is 0 Å². The average molecular weight is 200 g/mol. The second kappa shape index (κ2) is 3.08. The number of hydrogen-bond acceptors (Lipinski definition) is 3. The smallest absolute Gasteiger partial charge is 0.149 e. The van der Waals surface area contributed by atoms with Crippen molar-refractivity contribution in [3.05, 3.63) is 35.8 Å². The maximum Gasteiger partial charge on any atom is 0.149 e. The van der Waals surface area contributed by atoms with E-state index in [1.54, 1.807) is 6.20 Å². The van der Waals surface area contributed by atoms with Crippen LogP contribution in [0.2, 0.25) is 0 Å². The summed E-state index contributed by atoms with van der Waals surface area (Å²) in [5.41, 5.74) is 9.34. The number of nitrogen functional groups attached to an aromatic ring is 1. The molecule has 0 spiro atoms. The van der Waals surface area contributed by atoms with Gasteiger partial charge in [0, 0.05) is 17.5 Å². The highest BCUT2D eigenvalue weighted by Gasteiger charge is 2.21. The van der Waals surface area contributed by atoms with Crippen LogP contribution in [0.4, 0.5) is 5.82 Å². The third-order valence-electron chi connectivity index (χ3n) is 2.85. The molecule has 3 rings (SSSR count). The Bertz CT molecular complexity index is 487. The number of pyridine rings is 1. The SMILES string of the molecule is Nc1nn(-c2cccnc2)c2c1CCC2. The quantitative estimate of drug-likeness (QED) is 0.755. The molecule has 1 aliphatic rings. The van der Waals surface area contributed by atoms with Gasteiger partial charge in [-0.05, 0) is 31.4 Å². The lowest BCUT2D eigenvalue weighted by Crippen LogP contribution is -2.01. The molecule has 1 aliphatic carbocycles. The van der Waals surface area contributed by atoms with Crippen LogP contribution >= 0.6 is 0 Å². The van der Waals surface area contributed by atoms with Crippen molar-refractivity contribution in [3.63, 3.8) is 0 Å². The average Bonchev–Trinajstić information content (AvgIpc) is 2.84. The fraction of sp³-hybridized carbons (Fsp3) is 0.273. The first-order chi connectivity index (χ1) is 7.36. The van der Waals surface area contributed by atoms with Crippen LogP contribution in [0, 0.1) is 0 Å². The van der Waals surface area contributed by atoms with Crippen molar-refractivity contribution in [1.29, 1.82) is 0 Å². The number of aromatic nitrogens is 3. The van der Waals surface area contributed by atoms with Gasteiger partial charge in [-0.2, -0.15) is 5.10 Å². The van der Waals surface area contributed by atoms with E-state index < -0.39 is 0 Å². The molecule has 0 saturated heterocycles. The molecule has 0 saturated carbocycles. The van der Waals surface area contributed by atoms with E-state index in [1.165, 1.54) is 17.7 Å². The van der Waals surface area contributed by atoms with Gasteiger partial charge in [-0.1, -0.05) is 0 Å². The lowest BCUT2D eigenvalue weighted by Gasteiger charge is -2.03. The second-order valence-electron chi connectivity index (χ2n) is 3.79. The van der Waals surface area contributed by atoms with E-state index in [9.17, 15) is 0 Å². The Labute approximate surface area is 87.7 Å². The molecule has 4 heteroatoms. The molecule has 0 radical (unpaired) electrons. The summed E-state index contributed by atoms with van der Waals surface area (Å²) in [4.78, 5) is 4.09. The molecule has 0 unspecified atom stereocenters. The van der Waals surface area contributed by atoms with Crippen molar-refractivity contribution < 1.29 is 0 Å². The van der Waals surface area contributed by atoms with E-state index in [0.29, 0.717) is 5.82 Å². The highest BCUT2D eigenvalue weighted by atomic mass is 15.3. The van der Waals surface area contributed by atoms with Gasteiger partial charge in [0.05, 0.1) is 11.9 Å². The van der Waals surface area contributed by atoms with E-state index >= 15 is 0 Å². The third-order valence-corrected chi connectivity index (χ3v) is 2.85. The first-order valence-electron chi connectivity index (χ1n) is 5.13. The minimum atomic E-state index is 0.673. The van der Waals surface area contributed by atoms with Crippen LogP contribution in [0.5, 0.6) is 0 Å². The van der Waals surface area contributed by atoms with Crippen LogP contribution < -0.4 is 5.73 Å². The summed E-state index contributed by atoms with van der Waals surface area (Å²) in [6.07, 6.45) is 6.87. The van der Waals surface area contributed by atoms with Gasteiger partial charge in [0.25, 0.3) is 0 Å². The Morgan fingerprint density at radius 1 is 1.33 bits per heavy atom. The number of fused-ring (bicyclic) bond motifs is 1. The highest BCUT2D eigenvalue weighted by molar-refractivity contribution is 5.48. The molecule has 2 N–H and O–H groups in total. The summed E-state index contributed by atoms with van der Waals surface area (Å²) in [5, 5.41) is 4.36. The van der Waals surface area contributed by atoms with Crippen LogP contribution in [0.3, 0.4) is 0 Å². The molecule has 2 aromatic rings. The van der Waals surface area contributed by atoms with Gasteiger partial charge in [0.1, 0.15) is 5.82 Å². The summed E-state index contributed by atoms with van der Waals surface area (Å²) in [7, 11) is 0. The van der Waals surface area contributed by atoms with Crippen LogP contribution in [0.15, 0.2) is 24.5 Å². The van der Waals surface area contributed by atoms with Crippen LogP contribution in [-0.4, -0.2) is 14.8 Å².